The number of benzene rings is 2. The number of anilines is 1. The molecule has 0 saturated carbocycles. The van der Waals surface area contributed by atoms with Crippen molar-refractivity contribution < 1.29 is 14.2 Å². The normalized spacial score (nSPS) is 16.0. The Morgan fingerprint density at radius 1 is 1.00 bits per heavy atom. The predicted octanol–water partition coefficient (Wildman–Crippen LogP) is 6.33. The number of para-hydroxylation sites is 1. The summed E-state index contributed by atoms with van der Waals surface area (Å²) in [5.74, 6) is 2.05. The molecule has 0 radical (unpaired) electrons. The van der Waals surface area contributed by atoms with Crippen LogP contribution >= 0.6 is 23.1 Å². The van der Waals surface area contributed by atoms with Gasteiger partial charge in [0.2, 0.25) is 5.75 Å². The molecule has 0 spiro atoms. The van der Waals surface area contributed by atoms with E-state index in [1.807, 2.05) is 23.1 Å². The van der Waals surface area contributed by atoms with E-state index in [0.29, 0.717) is 22.5 Å². The molecular formula is C24H27NO3S2. The Labute approximate surface area is 186 Å². The van der Waals surface area contributed by atoms with Crippen LogP contribution in [0.25, 0.3) is 0 Å². The minimum atomic E-state index is 0.300. The average Bonchev–Trinajstić information content (AvgIpc) is 3.09. The van der Waals surface area contributed by atoms with Gasteiger partial charge in [-0.3, -0.25) is 0 Å². The fourth-order valence-electron chi connectivity index (χ4n) is 3.85. The maximum absolute atomic E-state index is 5.59. The van der Waals surface area contributed by atoms with E-state index in [0.717, 1.165) is 19.5 Å². The number of ether oxygens (including phenoxy) is 3. The van der Waals surface area contributed by atoms with Crippen molar-refractivity contribution in [2.45, 2.75) is 30.0 Å². The van der Waals surface area contributed by atoms with Crippen LogP contribution in [0, 0.1) is 6.92 Å². The van der Waals surface area contributed by atoms with Crippen LogP contribution < -0.4 is 19.1 Å². The summed E-state index contributed by atoms with van der Waals surface area (Å²) in [5.41, 5.74) is 3.87. The number of methoxy groups -OCH3 is 3. The molecule has 0 N–H and O–H groups in total. The number of aryl methyl sites for hydroxylation is 1. The summed E-state index contributed by atoms with van der Waals surface area (Å²) in [7, 11) is 4.98. The molecule has 0 fully saturated rings. The quantitative estimate of drug-likeness (QED) is 0.446. The van der Waals surface area contributed by atoms with Gasteiger partial charge in [0, 0.05) is 21.6 Å². The van der Waals surface area contributed by atoms with E-state index >= 15 is 0 Å². The fraction of sp³-hybridized carbons (Fsp3) is 0.333. The molecule has 6 heteroatoms. The van der Waals surface area contributed by atoms with Crippen molar-refractivity contribution in [1.82, 2.24) is 0 Å². The molecule has 4 rings (SSSR count). The second-order valence-corrected chi connectivity index (χ2v) is 9.52. The van der Waals surface area contributed by atoms with Crippen LogP contribution in [0.1, 0.15) is 27.7 Å². The predicted molar refractivity (Wildman–Crippen MR) is 126 cm³/mol. The molecule has 30 heavy (non-hydrogen) atoms. The van der Waals surface area contributed by atoms with Gasteiger partial charge in [-0.2, -0.15) is 0 Å². The maximum atomic E-state index is 5.59. The van der Waals surface area contributed by atoms with E-state index in [4.69, 9.17) is 14.2 Å². The van der Waals surface area contributed by atoms with Gasteiger partial charge in [0.25, 0.3) is 0 Å². The van der Waals surface area contributed by atoms with Crippen molar-refractivity contribution >= 4 is 28.8 Å². The number of thiophene rings is 1. The number of hydrogen-bond donors (Lipinski definition) is 0. The first-order valence-electron chi connectivity index (χ1n) is 9.98. The zero-order valence-electron chi connectivity index (χ0n) is 17.8. The van der Waals surface area contributed by atoms with Gasteiger partial charge >= 0.3 is 0 Å². The third-order valence-electron chi connectivity index (χ3n) is 5.50. The highest BCUT2D eigenvalue weighted by Crippen LogP contribution is 2.49. The Balaban J connectivity index is 1.68. The van der Waals surface area contributed by atoms with Gasteiger partial charge in [-0.15, -0.1) is 23.1 Å². The molecule has 0 bridgehead atoms. The first kappa shape index (κ1) is 20.9. The number of rotatable bonds is 6. The summed E-state index contributed by atoms with van der Waals surface area (Å²) in [4.78, 5) is 5.25. The molecule has 1 aromatic heterocycles. The minimum Gasteiger partial charge on any atom is -0.493 e. The van der Waals surface area contributed by atoms with Crippen LogP contribution in [0.4, 0.5) is 5.69 Å². The summed E-state index contributed by atoms with van der Waals surface area (Å²) < 4.78 is 16.7. The van der Waals surface area contributed by atoms with Crippen molar-refractivity contribution in [3.63, 3.8) is 0 Å². The second kappa shape index (κ2) is 9.23. The summed E-state index contributed by atoms with van der Waals surface area (Å²) in [5, 5.41) is 2.48. The maximum Gasteiger partial charge on any atom is 0.203 e. The molecular weight excluding hydrogens is 414 g/mol. The molecule has 1 aliphatic rings. The van der Waals surface area contributed by atoms with E-state index < -0.39 is 0 Å². The summed E-state index contributed by atoms with van der Waals surface area (Å²) in [6, 6.07) is 15.1. The number of thioether (sulfide) groups is 1. The van der Waals surface area contributed by atoms with Gasteiger partial charge in [0.1, 0.15) is 0 Å². The highest BCUT2D eigenvalue weighted by molar-refractivity contribution is 7.99. The van der Waals surface area contributed by atoms with E-state index in [9.17, 15) is 0 Å². The minimum absolute atomic E-state index is 0.300. The fourth-order valence-corrected chi connectivity index (χ4v) is 6.05. The Bertz CT molecular complexity index is 992. The SMILES string of the molecule is COc1cc([C@H]2CCN(Cc3sccc3C)c3ccccc3S2)cc(OC)c1OC. The first-order valence-corrected chi connectivity index (χ1v) is 11.7. The molecule has 3 aromatic rings. The van der Waals surface area contributed by atoms with Crippen molar-refractivity contribution in [3.05, 3.63) is 63.8 Å². The van der Waals surface area contributed by atoms with Crippen molar-refractivity contribution in [2.24, 2.45) is 0 Å². The van der Waals surface area contributed by atoms with Crippen LogP contribution in [0.5, 0.6) is 17.2 Å². The van der Waals surface area contributed by atoms with E-state index in [1.54, 1.807) is 21.3 Å². The monoisotopic (exact) mass is 441 g/mol. The molecule has 0 unspecified atom stereocenters. The van der Waals surface area contributed by atoms with E-state index in [1.165, 1.54) is 26.6 Å². The number of fused-ring (bicyclic) bond motifs is 1. The highest BCUT2D eigenvalue weighted by Gasteiger charge is 2.26. The van der Waals surface area contributed by atoms with Crippen LogP contribution in [0.15, 0.2) is 52.7 Å². The third-order valence-corrected chi connectivity index (χ3v) is 7.90. The standard InChI is InChI=1S/C24H27NO3S2/c1-16-10-12-29-23(16)15-25-11-9-21(30-22-8-6-5-7-18(22)25)17-13-19(26-2)24(28-4)20(14-17)27-3/h5-8,10,12-14,21H,9,11,15H2,1-4H3/t21-/m1/s1. The molecule has 4 nitrogen and oxygen atoms in total. The van der Waals surface area contributed by atoms with E-state index in [-0.39, 0.29) is 0 Å². The number of nitrogens with zero attached hydrogens (tertiary/aromatic N) is 1. The topological polar surface area (TPSA) is 30.9 Å². The van der Waals surface area contributed by atoms with Crippen LogP contribution in [-0.2, 0) is 6.54 Å². The smallest absolute Gasteiger partial charge is 0.203 e. The lowest BCUT2D eigenvalue weighted by molar-refractivity contribution is 0.323. The van der Waals surface area contributed by atoms with Gasteiger partial charge in [-0.05, 0) is 60.2 Å². The Morgan fingerprint density at radius 3 is 2.37 bits per heavy atom. The van der Waals surface area contributed by atoms with Gasteiger partial charge in [-0.1, -0.05) is 12.1 Å². The second-order valence-electron chi connectivity index (χ2n) is 7.27. The Morgan fingerprint density at radius 2 is 1.73 bits per heavy atom. The van der Waals surface area contributed by atoms with Crippen molar-refractivity contribution in [1.29, 1.82) is 0 Å². The van der Waals surface area contributed by atoms with Gasteiger partial charge in [0.05, 0.1) is 33.6 Å². The molecule has 1 atom stereocenters. The lowest BCUT2D eigenvalue weighted by atomic mass is 10.1. The highest BCUT2D eigenvalue weighted by atomic mass is 32.2. The lowest BCUT2D eigenvalue weighted by Crippen LogP contribution is -2.23. The van der Waals surface area contributed by atoms with Crippen molar-refractivity contribution in [3.8, 4) is 17.2 Å². The van der Waals surface area contributed by atoms with Crippen molar-refractivity contribution in [2.75, 3.05) is 32.8 Å². The van der Waals surface area contributed by atoms with Crippen LogP contribution in [0.2, 0.25) is 0 Å². The largest absolute Gasteiger partial charge is 0.493 e. The van der Waals surface area contributed by atoms with Gasteiger partial charge in [-0.25, -0.2) is 0 Å². The van der Waals surface area contributed by atoms with Crippen LogP contribution in [-0.4, -0.2) is 27.9 Å². The zero-order valence-corrected chi connectivity index (χ0v) is 19.4. The molecule has 1 aliphatic heterocycles. The summed E-state index contributed by atoms with van der Waals surface area (Å²) in [6.07, 6.45) is 1.03. The summed E-state index contributed by atoms with van der Waals surface area (Å²) in [6.45, 7) is 4.13. The van der Waals surface area contributed by atoms with E-state index in [2.05, 4.69) is 59.7 Å². The molecule has 0 saturated heterocycles. The number of hydrogen-bond acceptors (Lipinski definition) is 6. The molecule has 158 valence electrons. The Kier molecular flexibility index (Phi) is 6.44. The Hall–Kier alpha value is -2.31. The lowest BCUT2D eigenvalue weighted by Gasteiger charge is -2.24. The van der Waals surface area contributed by atoms with Gasteiger partial charge < -0.3 is 19.1 Å². The average molecular weight is 442 g/mol. The van der Waals surface area contributed by atoms with Crippen LogP contribution in [0.3, 0.4) is 0 Å². The zero-order chi connectivity index (χ0) is 21.1. The first-order chi connectivity index (χ1) is 14.6. The summed E-state index contributed by atoms with van der Waals surface area (Å²) >= 11 is 3.75. The molecule has 2 aromatic carbocycles. The third kappa shape index (κ3) is 4.12. The van der Waals surface area contributed by atoms with Gasteiger partial charge in [0.15, 0.2) is 11.5 Å². The molecule has 2 heterocycles. The molecule has 0 aliphatic carbocycles. The molecule has 0 amide bonds.